The van der Waals surface area contributed by atoms with E-state index in [0.717, 1.165) is 23.4 Å². The van der Waals surface area contributed by atoms with E-state index in [9.17, 15) is 9.18 Å². The van der Waals surface area contributed by atoms with Crippen LogP contribution in [-0.4, -0.2) is 45.2 Å². The summed E-state index contributed by atoms with van der Waals surface area (Å²) in [6, 6.07) is 23.1. The number of hydrogen-bond donors (Lipinski definition) is 1. The zero-order valence-corrected chi connectivity index (χ0v) is 19.4. The van der Waals surface area contributed by atoms with E-state index in [4.69, 9.17) is 4.74 Å². The van der Waals surface area contributed by atoms with Crippen molar-refractivity contribution in [3.8, 4) is 5.75 Å². The lowest BCUT2D eigenvalue weighted by Gasteiger charge is -2.49. The number of nitrogens with zero attached hydrogens (tertiary/aromatic N) is 2. The van der Waals surface area contributed by atoms with Crippen LogP contribution in [0.5, 0.6) is 5.75 Å². The second-order valence-electron chi connectivity index (χ2n) is 8.99. The Labute approximate surface area is 200 Å². The molecule has 34 heavy (non-hydrogen) atoms. The highest BCUT2D eigenvalue weighted by atomic mass is 19.1. The van der Waals surface area contributed by atoms with E-state index in [1.54, 1.807) is 13.2 Å². The highest BCUT2D eigenvalue weighted by Crippen LogP contribution is 2.39. The molecule has 1 fully saturated rings. The predicted octanol–water partition coefficient (Wildman–Crippen LogP) is 4.06. The average Bonchev–Trinajstić information content (AvgIpc) is 2.88. The lowest BCUT2D eigenvalue weighted by Crippen LogP contribution is -2.61. The maximum atomic E-state index is 14.6. The highest BCUT2D eigenvalue weighted by molar-refractivity contribution is 5.82. The van der Waals surface area contributed by atoms with Gasteiger partial charge in [0.25, 0.3) is 0 Å². The third kappa shape index (κ3) is 4.45. The Kier molecular flexibility index (Phi) is 6.39. The Morgan fingerprint density at radius 2 is 1.82 bits per heavy atom. The first-order chi connectivity index (χ1) is 16.6. The van der Waals surface area contributed by atoms with Gasteiger partial charge in [0.1, 0.15) is 11.6 Å². The average molecular weight is 460 g/mol. The molecule has 5 nitrogen and oxygen atoms in total. The van der Waals surface area contributed by atoms with Gasteiger partial charge in [-0.15, -0.1) is 0 Å². The minimum absolute atomic E-state index is 0.0512. The number of halogens is 1. The van der Waals surface area contributed by atoms with Gasteiger partial charge in [-0.05, 0) is 42.2 Å². The lowest BCUT2D eigenvalue weighted by molar-refractivity contribution is -0.125. The molecule has 0 aliphatic carbocycles. The second-order valence-corrected chi connectivity index (χ2v) is 8.99. The molecule has 2 heterocycles. The van der Waals surface area contributed by atoms with E-state index < -0.39 is 0 Å². The molecule has 3 aromatic rings. The molecule has 3 aromatic carbocycles. The van der Waals surface area contributed by atoms with E-state index in [0.29, 0.717) is 38.3 Å². The van der Waals surface area contributed by atoms with E-state index in [-0.39, 0.29) is 23.7 Å². The molecule has 1 N–H and O–H groups in total. The van der Waals surface area contributed by atoms with Crippen LogP contribution in [-0.2, 0) is 17.6 Å². The number of anilines is 2. The molecule has 0 bridgehead atoms. The number of carbonyl (C=O) groups excluding carboxylic acids is 1. The SMILES string of the molecule is COc1ccc2c(c1)N1CCN(c3ccccc3F)C[C@H]1[C@@H](C(=O)NCCc1ccccc1)C2. The van der Waals surface area contributed by atoms with Gasteiger partial charge >= 0.3 is 0 Å². The summed E-state index contributed by atoms with van der Waals surface area (Å²) in [5.74, 6) is 0.423. The molecule has 1 amide bonds. The summed E-state index contributed by atoms with van der Waals surface area (Å²) < 4.78 is 20.0. The Morgan fingerprint density at radius 3 is 2.62 bits per heavy atom. The van der Waals surface area contributed by atoms with Crippen LogP contribution in [0.25, 0.3) is 0 Å². The molecule has 2 atom stereocenters. The quantitative estimate of drug-likeness (QED) is 0.604. The minimum Gasteiger partial charge on any atom is -0.497 e. The van der Waals surface area contributed by atoms with E-state index in [2.05, 4.69) is 39.4 Å². The van der Waals surface area contributed by atoms with Crippen molar-refractivity contribution in [1.82, 2.24) is 5.32 Å². The molecule has 0 spiro atoms. The number of ether oxygens (including phenoxy) is 1. The normalized spacial score (nSPS) is 19.2. The largest absolute Gasteiger partial charge is 0.497 e. The van der Waals surface area contributed by atoms with Gasteiger partial charge in [-0.3, -0.25) is 4.79 Å². The van der Waals surface area contributed by atoms with Crippen molar-refractivity contribution in [3.63, 3.8) is 0 Å². The number of methoxy groups -OCH3 is 1. The summed E-state index contributed by atoms with van der Waals surface area (Å²) in [5, 5.41) is 3.17. The van der Waals surface area contributed by atoms with Crippen molar-refractivity contribution >= 4 is 17.3 Å². The van der Waals surface area contributed by atoms with Gasteiger partial charge in [-0.2, -0.15) is 0 Å². The van der Waals surface area contributed by atoms with Crippen LogP contribution >= 0.6 is 0 Å². The van der Waals surface area contributed by atoms with Crippen molar-refractivity contribution in [2.75, 3.05) is 43.1 Å². The Morgan fingerprint density at radius 1 is 1.03 bits per heavy atom. The van der Waals surface area contributed by atoms with Gasteiger partial charge in [0.05, 0.1) is 24.8 Å². The molecule has 2 aliphatic rings. The fourth-order valence-electron chi connectivity index (χ4n) is 5.24. The summed E-state index contributed by atoms with van der Waals surface area (Å²) in [5.41, 5.74) is 4.07. The van der Waals surface area contributed by atoms with Gasteiger partial charge in [0, 0.05) is 37.9 Å². The molecular formula is C28H30FN3O2. The van der Waals surface area contributed by atoms with E-state index in [1.807, 2.05) is 36.4 Å². The smallest absolute Gasteiger partial charge is 0.225 e. The summed E-state index contributed by atoms with van der Waals surface area (Å²) >= 11 is 0. The fourth-order valence-corrected chi connectivity index (χ4v) is 5.24. The Hall–Kier alpha value is -3.54. The highest BCUT2D eigenvalue weighted by Gasteiger charge is 2.42. The number of nitrogens with one attached hydrogen (secondary N) is 1. The van der Waals surface area contributed by atoms with Crippen LogP contribution < -0.4 is 19.9 Å². The number of hydrogen-bond acceptors (Lipinski definition) is 4. The van der Waals surface area contributed by atoms with Gasteiger partial charge in [0.2, 0.25) is 5.91 Å². The first-order valence-corrected chi connectivity index (χ1v) is 11.9. The zero-order valence-electron chi connectivity index (χ0n) is 19.4. The topological polar surface area (TPSA) is 44.8 Å². The van der Waals surface area contributed by atoms with Crippen molar-refractivity contribution in [2.24, 2.45) is 5.92 Å². The van der Waals surface area contributed by atoms with Crippen LogP contribution in [0.4, 0.5) is 15.8 Å². The minimum atomic E-state index is -0.224. The van der Waals surface area contributed by atoms with Crippen LogP contribution in [0.2, 0.25) is 0 Å². The van der Waals surface area contributed by atoms with Crippen molar-refractivity contribution in [3.05, 3.63) is 89.7 Å². The molecule has 0 unspecified atom stereocenters. The zero-order chi connectivity index (χ0) is 23.5. The standard InChI is InChI=1S/C28H30FN3O2/c1-34-22-12-11-21-17-23(28(33)30-14-13-20-7-3-2-4-8-20)27-19-31(15-16-32(27)26(21)18-22)25-10-6-5-9-24(25)29/h2-12,18,23,27H,13-17,19H2,1H3,(H,30,33)/t23-,27-/m0/s1. The third-order valence-electron chi connectivity index (χ3n) is 7.01. The number of carbonyl (C=O) groups is 1. The van der Waals surface area contributed by atoms with Crippen LogP contribution in [0, 0.1) is 11.7 Å². The van der Waals surface area contributed by atoms with E-state index in [1.165, 1.54) is 11.6 Å². The van der Waals surface area contributed by atoms with Crippen LogP contribution in [0.1, 0.15) is 11.1 Å². The molecule has 0 radical (unpaired) electrons. The van der Waals surface area contributed by atoms with Crippen LogP contribution in [0.3, 0.4) is 0 Å². The Balaban J connectivity index is 1.38. The van der Waals surface area contributed by atoms with Crippen LogP contribution in [0.15, 0.2) is 72.8 Å². The van der Waals surface area contributed by atoms with Gasteiger partial charge in [-0.25, -0.2) is 4.39 Å². The number of benzene rings is 3. The third-order valence-corrected chi connectivity index (χ3v) is 7.01. The molecule has 1 saturated heterocycles. The van der Waals surface area contributed by atoms with Gasteiger partial charge in [0.15, 0.2) is 0 Å². The monoisotopic (exact) mass is 459 g/mol. The predicted molar refractivity (Wildman–Crippen MR) is 133 cm³/mol. The molecule has 0 saturated carbocycles. The van der Waals surface area contributed by atoms with Crippen molar-refractivity contribution in [2.45, 2.75) is 18.9 Å². The summed E-state index contributed by atoms with van der Waals surface area (Å²) in [4.78, 5) is 17.8. The number of rotatable bonds is 6. The molecule has 0 aromatic heterocycles. The lowest BCUT2D eigenvalue weighted by atomic mass is 9.83. The second kappa shape index (κ2) is 9.75. The van der Waals surface area contributed by atoms with Crippen molar-refractivity contribution < 1.29 is 13.9 Å². The number of para-hydroxylation sites is 1. The fraction of sp³-hybridized carbons (Fsp3) is 0.321. The van der Waals surface area contributed by atoms with Crippen molar-refractivity contribution in [1.29, 1.82) is 0 Å². The summed E-state index contributed by atoms with van der Waals surface area (Å²) in [6.07, 6.45) is 1.45. The van der Waals surface area contributed by atoms with Gasteiger partial charge in [-0.1, -0.05) is 48.5 Å². The first kappa shape index (κ1) is 22.3. The molecule has 2 aliphatic heterocycles. The summed E-state index contributed by atoms with van der Waals surface area (Å²) in [7, 11) is 1.67. The summed E-state index contributed by atoms with van der Waals surface area (Å²) in [6.45, 7) is 2.59. The molecule has 6 heteroatoms. The maximum absolute atomic E-state index is 14.6. The van der Waals surface area contributed by atoms with Gasteiger partial charge < -0.3 is 19.9 Å². The molecule has 5 rings (SSSR count). The number of piperazine rings is 1. The molecular weight excluding hydrogens is 429 g/mol. The number of fused-ring (bicyclic) bond motifs is 3. The Bertz CT molecular complexity index is 1150. The van der Waals surface area contributed by atoms with E-state index >= 15 is 0 Å². The maximum Gasteiger partial charge on any atom is 0.225 e. The molecule has 176 valence electrons. The first-order valence-electron chi connectivity index (χ1n) is 11.9. The number of amides is 1.